The fraction of sp³-hybridized carbons (Fsp3) is 0.412. The molecule has 0 aliphatic carbocycles. The molecule has 130 valence electrons. The zero-order valence-corrected chi connectivity index (χ0v) is 14.0. The number of likely N-dealkylation sites (N-methyl/N-ethyl adjacent to an activating group) is 1. The molecule has 0 saturated carbocycles. The number of aromatic nitrogens is 1. The molecule has 7 nitrogen and oxygen atoms in total. The Kier molecular flexibility index (Phi) is 5.94. The number of hydrogen-bond donors (Lipinski definition) is 2. The molecule has 1 atom stereocenters. The van der Waals surface area contributed by atoms with Crippen LogP contribution in [0.1, 0.15) is 27.4 Å². The van der Waals surface area contributed by atoms with Crippen LogP contribution in [0.3, 0.4) is 0 Å². The average Bonchev–Trinajstić information content (AvgIpc) is 3.03. The van der Waals surface area contributed by atoms with Gasteiger partial charge in [-0.15, -0.1) is 0 Å². The summed E-state index contributed by atoms with van der Waals surface area (Å²) in [7, 11) is 1.52. The minimum absolute atomic E-state index is 0.0104. The van der Waals surface area contributed by atoms with Crippen molar-refractivity contribution < 1.29 is 24.3 Å². The summed E-state index contributed by atoms with van der Waals surface area (Å²) in [5, 5.41) is 21.9. The van der Waals surface area contributed by atoms with E-state index in [1.165, 1.54) is 18.0 Å². The Bertz CT molecular complexity index is 698. The van der Waals surface area contributed by atoms with Crippen molar-refractivity contribution >= 4 is 5.91 Å². The zero-order chi connectivity index (χ0) is 17.7. The van der Waals surface area contributed by atoms with Gasteiger partial charge in [0.2, 0.25) is 0 Å². The Morgan fingerprint density at radius 3 is 2.83 bits per heavy atom. The quantitative estimate of drug-likeness (QED) is 0.792. The maximum Gasteiger partial charge on any atom is 0.275 e. The molecule has 0 fully saturated rings. The number of rotatable bonds is 7. The van der Waals surface area contributed by atoms with Gasteiger partial charge in [-0.2, -0.15) is 0 Å². The number of aliphatic hydroxyl groups excluding tert-OH is 2. The minimum Gasteiger partial charge on any atom is -0.485 e. The van der Waals surface area contributed by atoms with Crippen LogP contribution in [0, 0.1) is 13.8 Å². The highest BCUT2D eigenvalue weighted by Crippen LogP contribution is 2.20. The molecule has 0 spiro atoms. The van der Waals surface area contributed by atoms with E-state index >= 15 is 0 Å². The number of ether oxygens (including phenoxy) is 1. The van der Waals surface area contributed by atoms with Gasteiger partial charge in [0, 0.05) is 19.7 Å². The van der Waals surface area contributed by atoms with Gasteiger partial charge in [0.05, 0.1) is 12.7 Å². The van der Waals surface area contributed by atoms with E-state index in [1.54, 1.807) is 0 Å². The van der Waals surface area contributed by atoms with Crippen LogP contribution in [0.5, 0.6) is 5.75 Å². The van der Waals surface area contributed by atoms with E-state index in [9.17, 15) is 9.90 Å². The molecule has 0 aliphatic rings. The van der Waals surface area contributed by atoms with Gasteiger partial charge >= 0.3 is 0 Å². The third-order valence-corrected chi connectivity index (χ3v) is 3.53. The van der Waals surface area contributed by atoms with Crippen molar-refractivity contribution in [3.8, 4) is 5.75 Å². The molecule has 2 rings (SSSR count). The Morgan fingerprint density at radius 2 is 2.12 bits per heavy atom. The predicted molar refractivity (Wildman–Crippen MR) is 86.8 cm³/mol. The first-order valence-corrected chi connectivity index (χ1v) is 7.60. The lowest BCUT2D eigenvalue weighted by Crippen LogP contribution is -2.36. The molecule has 1 aromatic carbocycles. The topological polar surface area (TPSA) is 96.0 Å². The van der Waals surface area contributed by atoms with Gasteiger partial charge in [0.1, 0.15) is 12.4 Å². The monoisotopic (exact) mass is 334 g/mol. The Balaban J connectivity index is 1.97. The van der Waals surface area contributed by atoms with E-state index in [0.717, 1.165) is 16.9 Å². The van der Waals surface area contributed by atoms with E-state index in [1.807, 2.05) is 32.0 Å². The van der Waals surface area contributed by atoms with E-state index in [-0.39, 0.29) is 18.8 Å². The second-order valence-electron chi connectivity index (χ2n) is 5.76. The first-order chi connectivity index (χ1) is 11.4. The van der Waals surface area contributed by atoms with Gasteiger partial charge in [-0.05, 0) is 31.0 Å². The molecule has 1 amide bonds. The summed E-state index contributed by atoms with van der Waals surface area (Å²) in [6, 6.07) is 7.42. The smallest absolute Gasteiger partial charge is 0.275 e. The van der Waals surface area contributed by atoms with Crippen molar-refractivity contribution in [1.29, 1.82) is 0 Å². The number of aryl methyl sites for hydroxylation is 2. The molecule has 0 aliphatic heterocycles. The van der Waals surface area contributed by atoms with Crippen LogP contribution in [0.15, 0.2) is 28.8 Å². The van der Waals surface area contributed by atoms with Crippen LogP contribution in [-0.4, -0.2) is 52.5 Å². The number of aliphatic hydroxyl groups is 2. The zero-order valence-electron chi connectivity index (χ0n) is 14.0. The lowest BCUT2D eigenvalue weighted by molar-refractivity contribution is 0.0513. The number of nitrogens with zero attached hydrogens (tertiary/aromatic N) is 2. The minimum atomic E-state index is -0.988. The van der Waals surface area contributed by atoms with Crippen LogP contribution in [0.4, 0.5) is 0 Å². The normalized spacial score (nSPS) is 12.0. The van der Waals surface area contributed by atoms with Crippen LogP contribution >= 0.6 is 0 Å². The van der Waals surface area contributed by atoms with Crippen LogP contribution in [-0.2, 0) is 6.61 Å². The van der Waals surface area contributed by atoms with Crippen molar-refractivity contribution in [2.24, 2.45) is 0 Å². The average molecular weight is 334 g/mol. The highest BCUT2D eigenvalue weighted by Gasteiger charge is 2.19. The van der Waals surface area contributed by atoms with Gasteiger partial charge in [-0.1, -0.05) is 17.3 Å². The van der Waals surface area contributed by atoms with Crippen LogP contribution in [0.25, 0.3) is 0 Å². The summed E-state index contributed by atoms with van der Waals surface area (Å²) in [5.41, 5.74) is 2.23. The van der Waals surface area contributed by atoms with Crippen LogP contribution in [0.2, 0.25) is 0 Å². The van der Waals surface area contributed by atoms with Crippen molar-refractivity contribution in [2.75, 3.05) is 20.2 Å². The number of carbonyl (C=O) groups is 1. The van der Waals surface area contributed by atoms with Crippen molar-refractivity contribution in [3.63, 3.8) is 0 Å². The lowest BCUT2D eigenvalue weighted by Gasteiger charge is -2.18. The molecule has 0 radical (unpaired) electrons. The summed E-state index contributed by atoms with van der Waals surface area (Å²) >= 11 is 0. The molecule has 0 saturated heterocycles. The number of hydrogen-bond acceptors (Lipinski definition) is 6. The van der Waals surface area contributed by atoms with Gasteiger partial charge < -0.3 is 24.4 Å². The first kappa shape index (κ1) is 18.0. The summed E-state index contributed by atoms with van der Waals surface area (Å²) < 4.78 is 10.8. The largest absolute Gasteiger partial charge is 0.485 e. The Labute approximate surface area is 140 Å². The Hall–Kier alpha value is -2.38. The van der Waals surface area contributed by atoms with Crippen molar-refractivity contribution in [1.82, 2.24) is 10.1 Å². The van der Waals surface area contributed by atoms with Gasteiger partial charge in [-0.25, -0.2) is 0 Å². The molecule has 7 heteroatoms. The molecule has 2 aromatic rings. The summed E-state index contributed by atoms with van der Waals surface area (Å²) in [6.45, 7) is 3.69. The standard InChI is InChI=1S/C17H22N2O5/c1-11-4-5-12(2)16(6-11)23-10-14-7-15(18-24-14)17(22)19(3)8-13(21)9-20/h4-7,13,20-21H,8-10H2,1-3H3/t13-/m1/s1. The van der Waals surface area contributed by atoms with E-state index in [2.05, 4.69) is 5.16 Å². The molecule has 0 bridgehead atoms. The Morgan fingerprint density at radius 1 is 1.38 bits per heavy atom. The van der Waals surface area contributed by atoms with E-state index < -0.39 is 18.6 Å². The van der Waals surface area contributed by atoms with E-state index in [0.29, 0.717) is 5.76 Å². The fourth-order valence-corrected chi connectivity index (χ4v) is 2.15. The summed E-state index contributed by atoms with van der Waals surface area (Å²) in [4.78, 5) is 13.4. The van der Waals surface area contributed by atoms with Gasteiger partial charge in [0.15, 0.2) is 11.5 Å². The second-order valence-corrected chi connectivity index (χ2v) is 5.76. The molecule has 1 aromatic heterocycles. The van der Waals surface area contributed by atoms with Crippen molar-refractivity contribution in [2.45, 2.75) is 26.6 Å². The molecular weight excluding hydrogens is 312 g/mol. The molecular formula is C17H22N2O5. The third-order valence-electron chi connectivity index (χ3n) is 3.53. The number of amides is 1. The van der Waals surface area contributed by atoms with E-state index in [4.69, 9.17) is 14.4 Å². The highest BCUT2D eigenvalue weighted by molar-refractivity contribution is 5.92. The van der Waals surface area contributed by atoms with Gasteiger partial charge in [-0.3, -0.25) is 4.79 Å². The third kappa shape index (κ3) is 4.56. The summed E-state index contributed by atoms with van der Waals surface area (Å²) in [5.74, 6) is 0.780. The maximum absolute atomic E-state index is 12.2. The second kappa shape index (κ2) is 7.94. The highest BCUT2D eigenvalue weighted by atomic mass is 16.5. The predicted octanol–water partition coefficient (Wildman–Crippen LogP) is 1.30. The maximum atomic E-state index is 12.2. The SMILES string of the molecule is Cc1ccc(C)c(OCc2cc(C(=O)N(C)C[C@@H](O)CO)no2)c1. The number of benzene rings is 1. The summed E-state index contributed by atoms with van der Waals surface area (Å²) in [6.07, 6.45) is -0.988. The first-order valence-electron chi connectivity index (χ1n) is 7.60. The molecule has 0 unspecified atom stereocenters. The van der Waals surface area contributed by atoms with Crippen LogP contribution < -0.4 is 4.74 Å². The lowest BCUT2D eigenvalue weighted by atomic mass is 10.1. The molecule has 1 heterocycles. The van der Waals surface area contributed by atoms with Gasteiger partial charge in [0.25, 0.3) is 5.91 Å². The van der Waals surface area contributed by atoms with Crippen molar-refractivity contribution in [3.05, 3.63) is 46.8 Å². The molecule has 2 N–H and O–H groups in total. The number of carbonyl (C=O) groups excluding carboxylic acids is 1. The fourth-order valence-electron chi connectivity index (χ4n) is 2.15. The molecule has 24 heavy (non-hydrogen) atoms.